The Hall–Kier alpha value is -0.680. The molecule has 1 aliphatic rings. The SMILES string of the molecule is COC(=O)c1sc2c(c1O)SCCC2. The summed E-state index contributed by atoms with van der Waals surface area (Å²) in [5.74, 6) is 0.682. The van der Waals surface area contributed by atoms with Gasteiger partial charge in [0.05, 0.1) is 12.0 Å². The van der Waals surface area contributed by atoms with Crippen molar-refractivity contribution in [2.45, 2.75) is 17.7 Å². The average molecular weight is 230 g/mol. The van der Waals surface area contributed by atoms with Crippen LogP contribution >= 0.6 is 23.1 Å². The molecule has 76 valence electrons. The molecule has 0 saturated heterocycles. The smallest absolute Gasteiger partial charge is 0.351 e. The summed E-state index contributed by atoms with van der Waals surface area (Å²) in [4.78, 5) is 13.6. The molecule has 1 aromatic heterocycles. The molecular formula is C9H10O3S2. The number of carbonyl (C=O) groups is 1. The van der Waals surface area contributed by atoms with E-state index < -0.39 is 5.97 Å². The van der Waals surface area contributed by atoms with Crippen molar-refractivity contribution >= 4 is 29.1 Å². The number of aromatic hydroxyl groups is 1. The number of aryl methyl sites for hydroxylation is 1. The first-order valence-electron chi connectivity index (χ1n) is 4.29. The zero-order valence-electron chi connectivity index (χ0n) is 7.70. The van der Waals surface area contributed by atoms with Crippen LogP contribution in [0.25, 0.3) is 0 Å². The standard InChI is InChI=1S/C9H10O3S2/c1-12-9(11)8-6(10)7-5(14-8)3-2-4-13-7/h10H,2-4H2,1H3. The van der Waals surface area contributed by atoms with Crippen LogP contribution in [0, 0.1) is 0 Å². The number of thioether (sulfide) groups is 1. The van der Waals surface area contributed by atoms with Crippen molar-refractivity contribution in [3.63, 3.8) is 0 Å². The molecule has 1 N–H and O–H groups in total. The maximum Gasteiger partial charge on any atom is 0.351 e. The van der Waals surface area contributed by atoms with Crippen molar-refractivity contribution in [2.75, 3.05) is 12.9 Å². The van der Waals surface area contributed by atoms with E-state index in [2.05, 4.69) is 4.74 Å². The van der Waals surface area contributed by atoms with Crippen molar-refractivity contribution in [1.82, 2.24) is 0 Å². The highest BCUT2D eigenvalue weighted by molar-refractivity contribution is 7.99. The van der Waals surface area contributed by atoms with E-state index >= 15 is 0 Å². The summed E-state index contributed by atoms with van der Waals surface area (Å²) in [6.07, 6.45) is 2.07. The molecule has 5 heteroatoms. The third-order valence-electron chi connectivity index (χ3n) is 2.07. The van der Waals surface area contributed by atoms with E-state index in [-0.39, 0.29) is 5.75 Å². The number of methoxy groups -OCH3 is 1. The number of carbonyl (C=O) groups excluding carboxylic acids is 1. The predicted octanol–water partition coefficient (Wildman–Crippen LogP) is 2.28. The molecule has 2 heterocycles. The van der Waals surface area contributed by atoms with Crippen LogP contribution in [0.1, 0.15) is 21.0 Å². The van der Waals surface area contributed by atoms with Gasteiger partial charge in [0.2, 0.25) is 0 Å². The van der Waals surface area contributed by atoms with E-state index in [0.29, 0.717) is 4.88 Å². The fraction of sp³-hybridized carbons (Fsp3) is 0.444. The van der Waals surface area contributed by atoms with E-state index in [9.17, 15) is 9.90 Å². The van der Waals surface area contributed by atoms with E-state index in [1.54, 1.807) is 11.8 Å². The Morgan fingerprint density at radius 1 is 1.57 bits per heavy atom. The Bertz CT molecular complexity index is 370. The van der Waals surface area contributed by atoms with Gasteiger partial charge in [-0.25, -0.2) is 4.79 Å². The number of esters is 1. The second-order valence-corrected chi connectivity index (χ2v) is 5.19. The Balaban J connectivity index is 2.43. The van der Waals surface area contributed by atoms with Crippen LogP contribution in [0.5, 0.6) is 5.75 Å². The molecule has 1 aliphatic heterocycles. The first-order chi connectivity index (χ1) is 6.74. The van der Waals surface area contributed by atoms with Crippen molar-refractivity contribution in [1.29, 1.82) is 0 Å². The van der Waals surface area contributed by atoms with Crippen molar-refractivity contribution in [3.8, 4) is 5.75 Å². The lowest BCUT2D eigenvalue weighted by molar-refractivity contribution is 0.0603. The fourth-order valence-corrected chi connectivity index (χ4v) is 3.81. The lowest BCUT2D eigenvalue weighted by Gasteiger charge is -2.08. The zero-order valence-corrected chi connectivity index (χ0v) is 9.33. The summed E-state index contributed by atoms with van der Waals surface area (Å²) in [7, 11) is 1.33. The highest BCUT2D eigenvalue weighted by Crippen LogP contribution is 2.45. The third kappa shape index (κ3) is 1.50. The molecule has 0 unspecified atom stereocenters. The number of rotatable bonds is 1. The fourth-order valence-electron chi connectivity index (χ4n) is 1.40. The summed E-state index contributed by atoms with van der Waals surface area (Å²) in [5.41, 5.74) is 0. The molecule has 0 bridgehead atoms. The minimum absolute atomic E-state index is 0.113. The van der Waals surface area contributed by atoms with Gasteiger partial charge in [-0.15, -0.1) is 23.1 Å². The molecule has 0 saturated carbocycles. The van der Waals surface area contributed by atoms with Gasteiger partial charge in [0, 0.05) is 4.88 Å². The summed E-state index contributed by atoms with van der Waals surface area (Å²) < 4.78 is 4.60. The topological polar surface area (TPSA) is 46.5 Å². The lowest BCUT2D eigenvalue weighted by atomic mass is 10.2. The molecule has 14 heavy (non-hydrogen) atoms. The van der Waals surface area contributed by atoms with Crippen LogP contribution in [0.4, 0.5) is 0 Å². The van der Waals surface area contributed by atoms with Crippen LogP contribution in [0.15, 0.2) is 4.90 Å². The van der Waals surface area contributed by atoms with Crippen LogP contribution in [0.2, 0.25) is 0 Å². The Morgan fingerprint density at radius 2 is 2.36 bits per heavy atom. The van der Waals surface area contributed by atoms with Gasteiger partial charge in [0.1, 0.15) is 0 Å². The predicted molar refractivity (Wildman–Crippen MR) is 56.4 cm³/mol. The van der Waals surface area contributed by atoms with Crippen molar-refractivity contribution in [3.05, 3.63) is 9.75 Å². The van der Waals surface area contributed by atoms with Gasteiger partial charge < -0.3 is 9.84 Å². The van der Waals surface area contributed by atoms with Gasteiger partial charge in [-0.05, 0) is 18.6 Å². The van der Waals surface area contributed by atoms with Gasteiger partial charge in [0.15, 0.2) is 10.6 Å². The maximum absolute atomic E-state index is 11.3. The largest absolute Gasteiger partial charge is 0.505 e. The molecule has 0 aromatic carbocycles. The van der Waals surface area contributed by atoms with Crippen LogP contribution < -0.4 is 0 Å². The maximum atomic E-state index is 11.3. The minimum atomic E-state index is -0.442. The number of hydrogen-bond acceptors (Lipinski definition) is 5. The monoisotopic (exact) mass is 230 g/mol. The molecule has 0 spiro atoms. The second kappa shape index (κ2) is 3.82. The van der Waals surface area contributed by atoms with E-state index in [0.717, 1.165) is 28.4 Å². The van der Waals surface area contributed by atoms with E-state index in [1.165, 1.54) is 18.4 Å². The molecule has 1 aromatic rings. The summed E-state index contributed by atoms with van der Waals surface area (Å²) in [5, 5.41) is 9.76. The van der Waals surface area contributed by atoms with Gasteiger partial charge >= 0.3 is 5.97 Å². The molecule has 0 fully saturated rings. The second-order valence-electron chi connectivity index (χ2n) is 2.98. The Kier molecular flexibility index (Phi) is 2.69. The van der Waals surface area contributed by atoms with Crippen LogP contribution in [0.3, 0.4) is 0 Å². The minimum Gasteiger partial charge on any atom is -0.505 e. The number of ether oxygens (including phenoxy) is 1. The van der Waals surface area contributed by atoms with E-state index in [1.807, 2.05) is 0 Å². The number of hydrogen-bond donors (Lipinski definition) is 1. The first kappa shape index (κ1) is 9.86. The summed E-state index contributed by atoms with van der Waals surface area (Å²) in [6, 6.07) is 0. The summed E-state index contributed by atoms with van der Waals surface area (Å²) >= 11 is 2.97. The molecule has 0 amide bonds. The molecule has 0 atom stereocenters. The Labute approximate surface area is 90.1 Å². The highest BCUT2D eigenvalue weighted by atomic mass is 32.2. The summed E-state index contributed by atoms with van der Waals surface area (Å²) in [6.45, 7) is 0. The average Bonchev–Trinajstić information content (AvgIpc) is 2.56. The number of thiophene rings is 1. The lowest BCUT2D eigenvalue weighted by Crippen LogP contribution is -1.97. The van der Waals surface area contributed by atoms with Gasteiger partial charge in [-0.3, -0.25) is 0 Å². The zero-order chi connectivity index (χ0) is 10.1. The quantitative estimate of drug-likeness (QED) is 0.752. The molecule has 2 rings (SSSR count). The van der Waals surface area contributed by atoms with Crippen LogP contribution in [-0.2, 0) is 11.2 Å². The van der Waals surface area contributed by atoms with Crippen LogP contribution in [-0.4, -0.2) is 23.9 Å². The molecule has 0 aliphatic carbocycles. The van der Waals surface area contributed by atoms with Gasteiger partial charge in [-0.2, -0.15) is 0 Å². The van der Waals surface area contributed by atoms with Crippen molar-refractivity contribution in [2.24, 2.45) is 0 Å². The molecule has 3 nitrogen and oxygen atoms in total. The normalized spacial score (nSPS) is 14.9. The van der Waals surface area contributed by atoms with Gasteiger partial charge in [-0.1, -0.05) is 0 Å². The third-order valence-corrected chi connectivity index (χ3v) is 4.64. The number of fused-ring (bicyclic) bond motifs is 1. The highest BCUT2D eigenvalue weighted by Gasteiger charge is 2.24. The van der Waals surface area contributed by atoms with Crippen molar-refractivity contribution < 1.29 is 14.6 Å². The molecular weight excluding hydrogens is 220 g/mol. The van der Waals surface area contributed by atoms with E-state index in [4.69, 9.17) is 0 Å². The van der Waals surface area contributed by atoms with Gasteiger partial charge in [0.25, 0.3) is 0 Å². The first-order valence-corrected chi connectivity index (χ1v) is 6.10. The Morgan fingerprint density at radius 3 is 3.00 bits per heavy atom. The molecule has 0 radical (unpaired) electrons.